The summed E-state index contributed by atoms with van der Waals surface area (Å²) in [4.78, 5) is 27.1. The van der Waals surface area contributed by atoms with Gasteiger partial charge in [0.2, 0.25) is 0 Å². The van der Waals surface area contributed by atoms with Crippen LogP contribution in [-0.4, -0.2) is 66.1 Å². The molecule has 0 radical (unpaired) electrons. The molecule has 8 atom stereocenters. The number of allylic oxidation sites excluding steroid dienone is 2. The number of ether oxygens (including phenoxy) is 3. The lowest BCUT2D eigenvalue weighted by molar-refractivity contribution is -0.186. The second kappa shape index (κ2) is 14.5. The van der Waals surface area contributed by atoms with Gasteiger partial charge in [0.15, 0.2) is 23.7 Å². The van der Waals surface area contributed by atoms with Crippen molar-refractivity contribution in [3.63, 3.8) is 0 Å². The number of hydrogen-bond donors (Lipinski definition) is 0. The molecule has 1 aliphatic heterocycles. The Labute approximate surface area is 277 Å². The number of hydrogen-bond acceptors (Lipinski definition) is 7. The van der Waals surface area contributed by atoms with E-state index < -0.39 is 35.4 Å². The molecule has 0 aromatic heterocycles. The van der Waals surface area contributed by atoms with Crippen LogP contribution in [0.5, 0.6) is 0 Å². The van der Waals surface area contributed by atoms with Gasteiger partial charge in [0.05, 0.1) is 5.60 Å². The van der Waals surface area contributed by atoms with E-state index in [0.29, 0.717) is 19.4 Å². The zero-order valence-corrected chi connectivity index (χ0v) is 33.1. The number of carbonyl (C=O) groups excluding carboxylic acids is 2. The Morgan fingerprint density at radius 2 is 1.64 bits per heavy atom. The van der Waals surface area contributed by atoms with Crippen LogP contribution in [0.15, 0.2) is 23.8 Å². The predicted octanol–water partition coefficient (Wildman–Crippen LogP) is 7.39. The van der Waals surface area contributed by atoms with Crippen molar-refractivity contribution in [1.29, 1.82) is 0 Å². The Morgan fingerprint density at radius 1 is 1.00 bits per heavy atom. The first kappa shape index (κ1) is 38.2. The lowest BCUT2D eigenvalue weighted by Crippen LogP contribution is -2.58. The number of fused-ring (bicyclic) bond motifs is 1. The van der Waals surface area contributed by atoms with Crippen molar-refractivity contribution in [2.45, 2.75) is 151 Å². The molecule has 1 unspecified atom stereocenters. The van der Waals surface area contributed by atoms with Gasteiger partial charge in [-0.2, -0.15) is 0 Å². The Kier molecular flexibility index (Phi) is 12.3. The molecule has 1 fully saturated rings. The highest BCUT2D eigenvalue weighted by Crippen LogP contribution is 2.53. The molecule has 0 amide bonds. The summed E-state index contributed by atoms with van der Waals surface area (Å²) >= 11 is 0. The molecule has 0 saturated carbocycles. The van der Waals surface area contributed by atoms with E-state index in [4.69, 9.17) is 23.1 Å². The lowest BCUT2D eigenvalue weighted by atomic mass is 9.59. The van der Waals surface area contributed by atoms with Crippen LogP contribution in [0.25, 0.3) is 0 Å². The number of esters is 2. The van der Waals surface area contributed by atoms with Gasteiger partial charge in [0.1, 0.15) is 18.3 Å². The van der Waals surface area contributed by atoms with E-state index in [0.717, 1.165) is 12.8 Å². The SMILES string of the molecule is CCOC(C)(C)C(=O)O[C@H]1C[C@H](C(C)(C)C)C=C2C=C[C@H](C)[C@](CC[C@@H]3C[C@H](C(C)(C)C)C(O[SiH](C)C)C(=O)O3)(O[SiH](C)C)[C@H]21. The van der Waals surface area contributed by atoms with Crippen LogP contribution in [0.2, 0.25) is 26.2 Å². The van der Waals surface area contributed by atoms with Crippen molar-refractivity contribution >= 4 is 30.0 Å². The van der Waals surface area contributed by atoms with Crippen molar-refractivity contribution in [1.82, 2.24) is 0 Å². The molecule has 2 aliphatic carbocycles. The van der Waals surface area contributed by atoms with Gasteiger partial charge in [-0.25, -0.2) is 9.59 Å². The Hall–Kier alpha value is -1.27. The molecular formula is C36H64O7Si2. The van der Waals surface area contributed by atoms with E-state index >= 15 is 0 Å². The molecule has 7 nitrogen and oxygen atoms in total. The van der Waals surface area contributed by atoms with E-state index in [9.17, 15) is 9.59 Å². The third-order valence-corrected chi connectivity index (χ3v) is 11.8. The van der Waals surface area contributed by atoms with Gasteiger partial charge in [-0.05, 0) is 95.0 Å². The molecule has 1 heterocycles. The maximum absolute atomic E-state index is 13.7. The molecule has 0 N–H and O–H groups in total. The smallest absolute Gasteiger partial charge is 0.338 e. The summed E-state index contributed by atoms with van der Waals surface area (Å²) in [5.74, 6) is -0.304. The van der Waals surface area contributed by atoms with Gasteiger partial charge < -0.3 is 23.1 Å². The highest BCUT2D eigenvalue weighted by Gasteiger charge is 2.55. The van der Waals surface area contributed by atoms with Crippen LogP contribution in [0.4, 0.5) is 0 Å². The fourth-order valence-corrected chi connectivity index (χ4v) is 9.85. The third-order valence-electron chi connectivity index (χ3n) is 10.1. The maximum Gasteiger partial charge on any atom is 0.338 e. The van der Waals surface area contributed by atoms with Crippen molar-refractivity contribution in [2.75, 3.05) is 6.61 Å². The third kappa shape index (κ3) is 9.01. The van der Waals surface area contributed by atoms with Gasteiger partial charge in [0, 0.05) is 24.4 Å². The van der Waals surface area contributed by atoms with Crippen LogP contribution in [-0.2, 0) is 32.7 Å². The highest BCUT2D eigenvalue weighted by atomic mass is 28.3. The van der Waals surface area contributed by atoms with Gasteiger partial charge in [-0.3, -0.25) is 0 Å². The molecule has 45 heavy (non-hydrogen) atoms. The summed E-state index contributed by atoms with van der Waals surface area (Å²) in [6.07, 6.45) is 8.69. The minimum Gasteiger partial charge on any atom is -0.460 e. The minimum absolute atomic E-state index is 0.000997. The number of rotatable bonds is 11. The Morgan fingerprint density at radius 3 is 2.18 bits per heavy atom. The Balaban J connectivity index is 2.03. The average molecular weight is 665 g/mol. The van der Waals surface area contributed by atoms with Crippen LogP contribution >= 0.6 is 0 Å². The van der Waals surface area contributed by atoms with Crippen LogP contribution in [0, 0.1) is 34.5 Å². The maximum atomic E-state index is 13.7. The van der Waals surface area contributed by atoms with Gasteiger partial charge >= 0.3 is 11.9 Å². The van der Waals surface area contributed by atoms with Crippen LogP contribution < -0.4 is 0 Å². The second-order valence-electron chi connectivity index (χ2n) is 16.9. The first-order valence-electron chi connectivity index (χ1n) is 17.4. The largest absolute Gasteiger partial charge is 0.460 e. The topological polar surface area (TPSA) is 80.3 Å². The lowest BCUT2D eigenvalue weighted by Gasteiger charge is -2.54. The quantitative estimate of drug-likeness (QED) is 0.168. The summed E-state index contributed by atoms with van der Waals surface area (Å²) in [6, 6.07) is 0. The fourth-order valence-electron chi connectivity index (χ4n) is 7.61. The molecule has 0 aromatic carbocycles. The molecule has 258 valence electrons. The fraction of sp³-hybridized carbons (Fsp3) is 0.833. The summed E-state index contributed by atoms with van der Waals surface area (Å²) in [6.45, 7) is 30.1. The van der Waals surface area contributed by atoms with E-state index in [1.54, 1.807) is 13.8 Å². The van der Waals surface area contributed by atoms with E-state index in [2.05, 4.69) is 92.9 Å². The standard InChI is InChI=1S/C36H64O7Si2/c1-15-39-35(9,10)32(38)41-28-21-25(33(3,4)5)20-24-17-16-23(2)36(29(24)28,43-45(13)14)19-18-26-22-27(34(6,7)8)30(31(37)40-26)42-44(11)12/h16-17,20,23,25-30,44-45H,15,18-19,21-22H2,1-14H3/t23-,25+,26+,27-,28-,29+,30?,36-/m0/s1. The molecule has 3 aliphatic rings. The average Bonchev–Trinajstić information content (AvgIpc) is 2.88. The van der Waals surface area contributed by atoms with Gasteiger partial charge in [0.25, 0.3) is 0 Å². The minimum atomic E-state index is -1.58. The number of carbonyl (C=O) groups is 2. The molecule has 9 heteroatoms. The predicted molar refractivity (Wildman–Crippen MR) is 186 cm³/mol. The molecule has 0 aromatic rings. The van der Waals surface area contributed by atoms with E-state index in [1.807, 2.05) is 6.92 Å². The van der Waals surface area contributed by atoms with E-state index in [-0.39, 0.29) is 58.6 Å². The monoisotopic (exact) mass is 664 g/mol. The highest BCUT2D eigenvalue weighted by molar-refractivity contribution is 6.48. The number of cyclic esters (lactones) is 1. The summed E-state index contributed by atoms with van der Waals surface area (Å²) in [7, 11) is -3.02. The summed E-state index contributed by atoms with van der Waals surface area (Å²) in [5.41, 5.74) is -0.549. The van der Waals surface area contributed by atoms with Crippen LogP contribution in [0.1, 0.15) is 94.9 Å². The first-order chi connectivity index (χ1) is 20.6. The zero-order chi connectivity index (χ0) is 34.1. The van der Waals surface area contributed by atoms with Gasteiger partial charge in [-0.15, -0.1) is 0 Å². The van der Waals surface area contributed by atoms with Crippen molar-refractivity contribution in [3.8, 4) is 0 Å². The van der Waals surface area contributed by atoms with Crippen LogP contribution in [0.3, 0.4) is 0 Å². The van der Waals surface area contributed by atoms with Crippen molar-refractivity contribution in [2.24, 2.45) is 34.5 Å². The zero-order valence-electron chi connectivity index (χ0n) is 30.8. The summed E-state index contributed by atoms with van der Waals surface area (Å²) in [5, 5.41) is 0. The van der Waals surface area contributed by atoms with Crippen molar-refractivity contribution < 1.29 is 32.7 Å². The van der Waals surface area contributed by atoms with Crippen molar-refractivity contribution in [3.05, 3.63) is 23.8 Å². The molecular weight excluding hydrogens is 601 g/mol. The second-order valence-corrected chi connectivity index (χ2v) is 21.6. The Bertz CT molecular complexity index is 1100. The normalized spacial score (nSPS) is 32.8. The molecule has 1 saturated heterocycles. The molecule has 0 spiro atoms. The molecule has 3 rings (SSSR count). The van der Waals surface area contributed by atoms with Gasteiger partial charge in [-0.1, -0.05) is 66.7 Å². The van der Waals surface area contributed by atoms with E-state index in [1.165, 1.54) is 5.57 Å². The summed E-state index contributed by atoms with van der Waals surface area (Å²) < 4.78 is 31.9. The first-order valence-corrected chi connectivity index (χ1v) is 23.0. The molecule has 0 bridgehead atoms.